The fourth-order valence-corrected chi connectivity index (χ4v) is 5.73. The van der Waals surface area contributed by atoms with Crippen molar-refractivity contribution in [1.82, 2.24) is 10.6 Å². The maximum absolute atomic E-state index is 13.6. The fourth-order valence-electron chi connectivity index (χ4n) is 5.41. The van der Waals surface area contributed by atoms with E-state index in [9.17, 15) is 23.9 Å². The standard InChI is InChI=1S/C26H26Cl2FN3O7/c27-14-7-18-24(39-11-21(34)30-18)19(8-14)38-13-22(35)31-25-3-5-26(6-4-25,20(33)10-25)32-23(36)12-37-15-1-2-16(28)17(29)9-15/h1-2,7-9,20,33H,3-6,10-13H2,(H,30,34)(H,31,35)(H,32,36)/t20-,25?,26?/m0/s1. The summed E-state index contributed by atoms with van der Waals surface area (Å²) in [4.78, 5) is 37.0. The van der Waals surface area contributed by atoms with Crippen molar-refractivity contribution in [3.63, 3.8) is 0 Å². The largest absolute Gasteiger partial charge is 0.484 e. The minimum absolute atomic E-state index is 0.0484. The van der Waals surface area contributed by atoms with E-state index in [-0.39, 0.29) is 48.7 Å². The van der Waals surface area contributed by atoms with Crippen LogP contribution in [0.5, 0.6) is 17.2 Å². The average molecular weight is 582 g/mol. The number of rotatable bonds is 8. The highest BCUT2D eigenvalue weighted by atomic mass is 35.5. The lowest BCUT2D eigenvalue weighted by Crippen LogP contribution is -2.70. The Morgan fingerprint density at radius 2 is 1.79 bits per heavy atom. The zero-order valence-corrected chi connectivity index (χ0v) is 22.2. The maximum Gasteiger partial charge on any atom is 0.262 e. The van der Waals surface area contributed by atoms with E-state index in [2.05, 4.69) is 16.0 Å². The number of carbonyl (C=O) groups excluding carboxylic acids is 3. The lowest BCUT2D eigenvalue weighted by Gasteiger charge is -2.56. The molecule has 0 spiro atoms. The summed E-state index contributed by atoms with van der Waals surface area (Å²) >= 11 is 11.8. The topological polar surface area (TPSA) is 135 Å². The monoisotopic (exact) mass is 581 g/mol. The van der Waals surface area contributed by atoms with E-state index in [1.807, 2.05) is 0 Å². The van der Waals surface area contributed by atoms with Gasteiger partial charge in [0.15, 0.2) is 31.3 Å². The molecule has 3 fully saturated rings. The quantitative estimate of drug-likeness (QED) is 0.376. The molecular weight excluding hydrogens is 556 g/mol. The van der Waals surface area contributed by atoms with Crippen LogP contribution >= 0.6 is 23.2 Å². The molecule has 4 aliphatic rings. The second kappa shape index (κ2) is 10.7. The predicted molar refractivity (Wildman–Crippen MR) is 139 cm³/mol. The molecule has 1 atom stereocenters. The van der Waals surface area contributed by atoms with Crippen molar-refractivity contribution < 1.29 is 38.1 Å². The minimum atomic E-state index is -0.893. The number of aliphatic hydroxyl groups excluding tert-OH is 1. The van der Waals surface area contributed by atoms with E-state index < -0.39 is 34.8 Å². The molecule has 3 amide bonds. The third kappa shape index (κ3) is 5.85. The van der Waals surface area contributed by atoms with E-state index in [0.29, 0.717) is 42.1 Å². The van der Waals surface area contributed by atoms with Gasteiger partial charge in [-0.3, -0.25) is 14.4 Å². The van der Waals surface area contributed by atoms with E-state index in [0.717, 1.165) is 6.07 Å². The molecule has 0 aromatic heterocycles. The molecule has 0 radical (unpaired) electrons. The van der Waals surface area contributed by atoms with E-state index in [1.54, 1.807) is 0 Å². The number of hydrogen-bond donors (Lipinski definition) is 4. The maximum atomic E-state index is 13.6. The van der Waals surface area contributed by atoms with Crippen molar-refractivity contribution in [2.45, 2.75) is 49.3 Å². The summed E-state index contributed by atoms with van der Waals surface area (Å²) in [5.41, 5.74) is -1.11. The lowest BCUT2D eigenvalue weighted by molar-refractivity contribution is -0.137. The summed E-state index contributed by atoms with van der Waals surface area (Å²) in [5, 5.41) is 19.7. The average Bonchev–Trinajstić information content (AvgIpc) is 2.88. The summed E-state index contributed by atoms with van der Waals surface area (Å²) in [7, 11) is 0. The summed E-state index contributed by atoms with van der Waals surface area (Å²) in [6, 6.07) is 6.92. The number of amides is 3. The van der Waals surface area contributed by atoms with Crippen LogP contribution in [0.25, 0.3) is 0 Å². The molecule has 4 N–H and O–H groups in total. The molecule has 6 rings (SSSR count). The van der Waals surface area contributed by atoms with Gasteiger partial charge in [0.2, 0.25) is 0 Å². The van der Waals surface area contributed by atoms with Crippen LogP contribution < -0.4 is 30.2 Å². The van der Waals surface area contributed by atoms with Gasteiger partial charge in [-0.05, 0) is 50.3 Å². The molecule has 1 heterocycles. The first-order valence-corrected chi connectivity index (χ1v) is 13.1. The Balaban J connectivity index is 1.14. The Morgan fingerprint density at radius 1 is 1.08 bits per heavy atom. The summed E-state index contributed by atoms with van der Waals surface area (Å²) in [5.74, 6) is -1.13. The Kier molecular flexibility index (Phi) is 7.49. The lowest BCUT2D eigenvalue weighted by atomic mass is 9.60. The van der Waals surface area contributed by atoms with Gasteiger partial charge in [0.05, 0.1) is 22.4 Å². The molecule has 2 aromatic carbocycles. The molecule has 0 saturated heterocycles. The van der Waals surface area contributed by atoms with Crippen molar-refractivity contribution in [3.05, 3.63) is 46.2 Å². The zero-order chi connectivity index (χ0) is 27.8. The van der Waals surface area contributed by atoms with Crippen molar-refractivity contribution >= 4 is 46.6 Å². The van der Waals surface area contributed by atoms with Crippen LogP contribution in [0.4, 0.5) is 10.1 Å². The molecule has 1 aliphatic heterocycles. The number of carbonyl (C=O) groups is 3. The minimum Gasteiger partial charge on any atom is -0.484 e. The van der Waals surface area contributed by atoms with E-state index in [1.165, 1.54) is 24.3 Å². The van der Waals surface area contributed by atoms with E-state index in [4.69, 9.17) is 37.4 Å². The molecule has 3 aliphatic carbocycles. The van der Waals surface area contributed by atoms with Gasteiger partial charge in [0.1, 0.15) is 11.6 Å². The van der Waals surface area contributed by atoms with Crippen LogP contribution in [0.2, 0.25) is 10.0 Å². The van der Waals surface area contributed by atoms with Crippen molar-refractivity contribution in [1.29, 1.82) is 0 Å². The summed E-state index contributed by atoms with van der Waals surface area (Å²) < 4.78 is 30.1. The summed E-state index contributed by atoms with van der Waals surface area (Å²) in [6.45, 7) is -0.857. The smallest absolute Gasteiger partial charge is 0.262 e. The first-order chi connectivity index (χ1) is 18.6. The second-order valence-corrected chi connectivity index (χ2v) is 10.9. The number of hydrogen-bond acceptors (Lipinski definition) is 7. The van der Waals surface area contributed by atoms with Crippen LogP contribution in [0.1, 0.15) is 32.1 Å². The number of aliphatic hydroxyl groups is 1. The third-order valence-corrected chi connectivity index (χ3v) is 7.90. The molecule has 3 saturated carbocycles. The molecule has 10 nitrogen and oxygen atoms in total. The first-order valence-electron chi connectivity index (χ1n) is 12.3. The van der Waals surface area contributed by atoms with Crippen molar-refractivity contribution in [2.24, 2.45) is 0 Å². The van der Waals surface area contributed by atoms with Gasteiger partial charge in [-0.25, -0.2) is 4.39 Å². The number of halogens is 3. The number of ether oxygens (including phenoxy) is 3. The number of anilines is 1. The van der Waals surface area contributed by atoms with Crippen molar-refractivity contribution in [3.8, 4) is 17.2 Å². The Morgan fingerprint density at radius 3 is 2.51 bits per heavy atom. The Bertz CT molecular complexity index is 1320. The third-order valence-electron chi connectivity index (χ3n) is 7.38. The molecule has 13 heteroatoms. The van der Waals surface area contributed by atoms with Crippen LogP contribution in [-0.2, 0) is 14.4 Å². The Labute approximate surface area is 233 Å². The van der Waals surface area contributed by atoms with E-state index >= 15 is 0 Å². The number of benzene rings is 2. The van der Waals surface area contributed by atoms with Crippen LogP contribution in [0, 0.1) is 5.82 Å². The summed E-state index contributed by atoms with van der Waals surface area (Å²) in [6.07, 6.45) is 1.35. The van der Waals surface area contributed by atoms with Gasteiger partial charge in [-0.15, -0.1) is 0 Å². The number of fused-ring (bicyclic) bond motifs is 4. The molecule has 2 aromatic rings. The number of nitrogens with one attached hydrogen (secondary N) is 3. The first kappa shape index (κ1) is 27.3. The van der Waals surface area contributed by atoms with Gasteiger partial charge in [-0.2, -0.15) is 0 Å². The molecule has 2 bridgehead atoms. The molecule has 208 valence electrons. The second-order valence-electron chi connectivity index (χ2n) is 10.0. The highest BCUT2D eigenvalue weighted by Crippen LogP contribution is 2.47. The van der Waals surface area contributed by atoms with Crippen LogP contribution in [0.3, 0.4) is 0 Å². The van der Waals surface area contributed by atoms with Crippen LogP contribution in [0.15, 0.2) is 30.3 Å². The molecular formula is C26H26Cl2FN3O7. The SMILES string of the molecule is O=C1COc2c(cc(Cl)cc2OCC(=O)NC23CCC(NC(=O)COc4ccc(Cl)c(F)c4)(CC2)[C@@H](O)C3)N1. The normalized spacial score (nSPS) is 25.1. The highest BCUT2D eigenvalue weighted by molar-refractivity contribution is 6.31. The predicted octanol–water partition coefficient (Wildman–Crippen LogP) is 2.97. The fraction of sp³-hybridized carbons (Fsp3) is 0.423. The van der Waals surface area contributed by atoms with Gasteiger partial charge in [0, 0.05) is 22.7 Å². The van der Waals surface area contributed by atoms with Gasteiger partial charge in [0.25, 0.3) is 17.7 Å². The Hall–Kier alpha value is -3.28. The van der Waals surface area contributed by atoms with Crippen LogP contribution in [-0.4, -0.2) is 59.8 Å². The highest BCUT2D eigenvalue weighted by Gasteiger charge is 2.55. The van der Waals surface area contributed by atoms with Gasteiger partial charge >= 0.3 is 0 Å². The van der Waals surface area contributed by atoms with Gasteiger partial charge in [-0.1, -0.05) is 23.2 Å². The molecule has 39 heavy (non-hydrogen) atoms. The molecule has 0 unspecified atom stereocenters. The van der Waals surface area contributed by atoms with Gasteiger partial charge < -0.3 is 35.3 Å². The zero-order valence-electron chi connectivity index (χ0n) is 20.7. The van der Waals surface area contributed by atoms with Crippen molar-refractivity contribution in [2.75, 3.05) is 25.1 Å².